The van der Waals surface area contributed by atoms with Crippen LogP contribution in [0.1, 0.15) is 124 Å². The normalized spacial score (nSPS) is 13.0. The minimum Gasteiger partial charge on any atom is -0.463 e. The first kappa shape index (κ1) is 74.7. The molecule has 26 nitrogen and oxygen atoms in total. The van der Waals surface area contributed by atoms with Crippen molar-refractivity contribution in [2.24, 2.45) is 10.8 Å². The molecule has 4 amide bonds. The predicted octanol–water partition coefficient (Wildman–Crippen LogP) is 7.88. The topological polar surface area (TPSA) is 354 Å². The first-order valence-corrected chi connectivity index (χ1v) is 33.0. The Morgan fingerprint density at radius 1 is 0.522 bits per heavy atom. The maximum Gasteiger partial charge on any atom is 0.311 e. The molecule has 0 saturated carbocycles. The number of rotatable bonds is 26. The lowest BCUT2D eigenvalue weighted by atomic mass is 9.97. The quantitative estimate of drug-likeness (QED) is 0.0254. The van der Waals surface area contributed by atoms with Crippen LogP contribution in [-0.2, 0) is 93.7 Å². The Bertz CT molecular complexity index is 3710. The summed E-state index contributed by atoms with van der Waals surface area (Å²) < 4.78 is 77.5. The Morgan fingerprint density at radius 2 is 0.891 bits per heavy atom. The number of likely N-dealkylation sites (N-methyl/N-ethyl adjacent to an activating group) is 1. The number of anilines is 4. The minimum absolute atomic E-state index is 0.169. The lowest BCUT2D eigenvalue weighted by Gasteiger charge is -2.29. The molecular weight excluding hydrogens is 1270 g/mol. The second-order valence-electron chi connectivity index (χ2n) is 25.6. The monoisotopic (exact) mass is 1350 g/mol. The maximum atomic E-state index is 13.5. The van der Waals surface area contributed by atoms with Gasteiger partial charge >= 0.3 is 11.9 Å². The number of nitrogens with zero attached hydrogens (tertiary/aromatic N) is 5. The van der Waals surface area contributed by atoms with Gasteiger partial charge in [-0.2, -0.15) is 19.4 Å². The van der Waals surface area contributed by atoms with E-state index in [-0.39, 0.29) is 23.9 Å². The molecule has 6 aromatic rings. The molecule has 6 rings (SSSR count). The van der Waals surface area contributed by atoms with Crippen LogP contribution in [0.3, 0.4) is 0 Å². The zero-order valence-corrected chi connectivity index (χ0v) is 57.1. The molecule has 0 fully saturated rings. The first-order chi connectivity index (χ1) is 42.7. The van der Waals surface area contributed by atoms with Crippen molar-refractivity contribution >= 4 is 102 Å². The van der Waals surface area contributed by atoms with Crippen LogP contribution in [-0.4, -0.2) is 123 Å². The summed E-state index contributed by atoms with van der Waals surface area (Å²) in [7, 11) is -6.76. The minimum atomic E-state index is -4.08. The number of aromatic nitrogens is 4. The number of nitrogens with one attached hydrogen (secondary N) is 7. The third kappa shape index (κ3) is 24.9. The van der Waals surface area contributed by atoms with Crippen molar-refractivity contribution in [2.45, 2.75) is 144 Å². The Hall–Kier alpha value is -8.02. The molecule has 7 N–H and O–H groups in total. The van der Waals surface area contributed by atoms with Crippen LogP contribution in [0.5, 0.6) is 0 Å². The molecule has 0 unspecified atom stereocenters. The second-order valence-corrected chi connectivity index (χ2v) is 30.0. The highest BCUT2D eigenvalue weighted by Gasteiger charge is 2.35. The number of carbonyl (C=O) groups is 6. The molecule has 30 heteroatoms. The van der Waals surface area contributed by atoms with Gasteiger partial charge in [0.25, 0.3) is 11.9 Å². The van der Waals surface area contributed by atoms with Gasteiger partial charge in [0, 0.05) is 52.4 Å². The number of halogens is 2. The number of hydrogen-bond acceptors (Lipinski definition) is 20. The molecule has 2 heterocycles. The molecule has 0 aliphatic carbocycles. The average Bonchev–Trinajstić information content (AvgIpc) is 1.32. The zero-order valence-electron chi connectivity index (χ0n) is 53.9. The molecule has 4 aromatic carbocycles. The molecule has 500 valence electrons. The van der Waals surface area contributed by atoms with Crippen molar-refractivity contribution in [3.63, 3.8) is 0 Å². The predicted molar refractivity (Wildman–Crippen MR) is 347 cm³/mol. The lowest BCUT2D eigenvalue weighted by molar-refractivity contribution is -0.156. The van der Waals surface area contributed by atoms with Crippen LogP contribution in [0.25, 0.3) is 0 Å². The second kappa shape index (κ2) is 32.0. The standard InChI is InChI=1S/C32H43ClN6O7S.C30H39ClN6O7S/c1-20(26(40)34-17-21-11-15-24(16-12-21)35-30-36-28(46-37-30)31(2,3)4)39(8)27(41)25(18-45-29(42)32(5,6)7)38-47(43,44)19-22-9-13-23(33)14-10-22;1-29(2,3)26-35-28(36-44-26)34-22-13-9-19(10-14-22)15-32-24(38)16-33-25(39)23(17-43-27(40)30(4,5)6)37-45(41,42)18-20-7-11-21(31)12-8-20/h9-16,20,25,38H,17-19H2,1-8H3,(H,34,40)(H,35,37);7-14,23,37H,15-18H2,1-6H3,(H,32,38)(H,33,39)(H,34,36)/t20-,25+;23-/m01/s1. The van der Waals surface area contributed by atoms with Gasteiger partial charge < -0.3 is 50.0 Å². The van der Waals surface area contributed by atoms with E-state index in [2.05, 4.69) is 56.3 Å². The molecule has 92 heavy (non-hydrogen) atoms. The highest BCUT2D eigenvalue weighted by atomic mass is 35.5. The summed E-state index contributed by atoms with van der Waals surface area (Å²) in [4.78, 5) is 86.5. The van der Waals surface area contributed by atoms with E-state index in [4.69, 9.17) is 41.7 Å². The fraction of sp³-hybridized carbons (Fsp3) is 0.452. The van der Waals surface area contributed by atoms with E-state index in [0.717, 1.165) is 27.4 Å². The average molecular weight is 1350 g/mol. The van der Waals surface area contributed by atoms with Gasteiger partial charge in [-0.3, -0.25) is 28.8 Å². The van der Waals surface area contributed by atoms with Crippen molar-refractivity contribution in [1.82, 2.24) is 50.6 Å². The summed E-state index contributed by atoms with van der Waals surface area (Å²) in [5, 5.41) is 22.8. The molecule has 3 atom stereocenters. The largest absolute Gasteiger partial charge is 0.463 e. The third-order valence-corrected chi connectivity index (χ3v) is 16.2. The fourth-order valence-electron chi connectivity index (χ4n) is 7.52. The maximum absolute atomic E-state index is 13.5. The number of ether oxygens (including phenoxy) is 2. The Labute approximate surface area is 546 Å². The molecule has 2 aromatic heterocycles. The van der Waals surface area contributed by atoms with E-state index in [1.54, 1.807) is 126 Å². The SMILES string of the molecule is CC(C)(C)C(=O)OC[C@@H](NS(=O)(=O)Cc1ccc(Cl)cc1)C(=O)NCC(=O)NCc1ccc(Nc2noc(C(C)(C)C)n2)cc1.C[C@@H](C(=O)NCc1ccc(Nc2noc(C(C)(C)C)n2)cc1)N(C)C(=O)[C@@H](COC(=O)C(C)(C)C)NS(=O)(=O)Cc1ccc(Cl)cc1. The molecule has 0 saturated heterocycles. The highest BCUT2D eigenvalue weighted by Crippen LogP contribution is 2.25. The van der Waals surface area contributed by atoms with Gasteiger partial charge in [0.1, 0.15) is 31.3 Å². The van der Waals surface area contributed by atoms with E-state index in [1.807, 2.05) is 53.7 Å². The van der Waals surface area contributed by atoms with Gasteiger partial charge in [-0.25, -0.2) is 16.8 Å². The Kier molecular flexibility index (Phi) is 26.0. The Balaban J connectivity index is 0.000000334. The van der Waals surface area contributed by atoms with Gasteiger partial charge in [-0.05, 0) is 130 Å². The van der Waals surface area contributed by atoms with E-state index < -0.39 is 116 Å². The van der Waals surface area contributed by atoms with Crippen molar-refractivity contribution in [1.29, 1.82) is 0 Å². The lowest BCUT2D eigenvalue weighted by Crippen LogP contribution is -2.55. The van der Waals surface area contributed by atoms with E-state index >= 15 is 0 Å². The van der Waals surface area contributed by atoms with Gasteiger partial charge in [0.05, 0.1) is 28.9 Å². The number of carbonyl (C=O) groups excluding carboxylic acids is 6. The van der Waals surface area contributed by atoms with Gasteiger partial charge in [0.2, 0.25) is 55.5 Å². The summed E-state index contributed by atoms with van der Waals surface area (Å²) in [6.07, 6.45) is 0. The van der Waals surface area contributed by atoms with Crippen LogP contribution in [0.15, 0.2) is 106 Å². The molecular formula is C62H82Cl2N12O14S2. The van der Waals surface area contributed by atoms with Crippen LogP contribution in [0.2, 0.25) is 10.0 Å². The van der Waals surface area contributed by atoms with E-state index in [9.17, 15) is 45.6 Å². The number of amides is 4. The van der Waals surface area contributed by atoms with Crippen LogP contribution >= 0.6 is 23.2 Å². The fourth-order valence-corrected chi connectivity index (χ4v) is 10.4. The van der Waals surface area contributed by atoms with Crippen molar-refractivity contribution in [3.8, 4) is 0 Å². The number of benzene rings is 4. The Morgan fingerprint density at radius 3 is 1.27 bits per heavy atom. The third-order valence-electron chi connectivity index (χ3n) is 13.0. The van der Waals surface area contributed by atoms with Gasteiger partial charge in [-0.1, -0.05) is 113 Å². The molecule has 0 radical (unpaired) electrons. The molecule has 0 aliphatic heterocycles. The van der Waals surface area contributed by atoms with Crippen LogP contribution in [0, 0.1) is 10.8 Å². The van der Waals surface area contributed by atoms with Gasteiger partial charge in [-0.15, -0.1) is 0 Å². The summed E-state index contributed by atoms with van der Waals surface area (Å²) in [6.45, 7) is 21.9. The zero-order chi connectivity index (χ0) is 68.6. The van der Waals surface area contributed by atoms with Crippen molar-refractivity contribution < 1.29 is 64.1 Å². The summed E-state index contributed by atoms with van der Waals surface area (Å²) in [5.41, 5.74) is 1.57. The first-order valence-electron chi connectivity index (χ1n) is 29.0. The van der Waals surface area contributed by atoms with Crippen LogP contribution in [0.4, 0.5) is 23.3 Å². The van der Waals surface area contributed by atoms with Gasteiger partial charge in [0.15, 0.2) is 0 Å². The highest BCUT2D eigenvalue weighted by molar-refractivity contribution is 7.89. The molecule has 0 aliphatic rings. The number of sulfonamides is 2. The molecule has 0 bridgehead atoms. The van der Waals surface area contributed by atoms with Crippen molar-refractivity contribution in [2.75, 3.05) is 37.4 Å². The molecule has 0 spiro atoms. The number of hydrogen-bond donors (Lipinski definition) is 7. The van der Waals surface area contributed by atoms with Crippen molar-refractivity contribution in [3.05, 3.63) is 141 Å². The van der Waals surface area contributed by atoms with Crippen LogP contribution < -0.4 is 36.0 Å². The van der Waals surface area contributed by atoms with E-state index in [1.165, 1.54) is 14.0 Å². The smallest absolute Gasteiger partial charge is 0.311 e. The number of esters is 2. The summed E-state index contributed by atoms with van der Waals surface area (Å²) in [5.74, 6) is -3.03. The summed E-state index contributed by atoms with van der Waals surface area (Å²) in [6, 6.07) is 22.8. The summed E-state index contributed by atoms with van der Waals surface area (Å²) >= 11 is 11.8. The van der Waals surface area contributed by atoms with E-state index in [0.29, 0.717) is 44.9 Å².